The predicted molar refractivity (Wildman–Crippen MR) is 77.5 cm³/mol. The van der Waals surface area contributed by atoms with Crippen molar-refractivity contribution >= 4 is 5.97 Å². The minimum atomic E-state index is -0.657. The average molecular weight is 295 g/mol. The van der Waals surface area contributed by atoms with Gasteiger partial charge in [0.05, 0.1) is 12.7 Å². The predicted octanol–water partition coefficient (Wildman–Crippen LogP) is 2.35. The number of ether oxygens (including phenoxy) is 1. The molecule has 1 N–H and O–H groups in total. The quantitative estimate of drug-likeness (QED) is 0.785. The summed E-state index contributed by atoms with van der Waals surface area (Å²) in [5.74, 6) is -1.20. The molecule has 0 aliphatic heterocycles. The SMILES string of the molecule is COC(=O)c1ccc(CN(CCCO)C2CCC2)cc1F. The lowest BCUT2D eigenvalue weighted by Crippen LogP contribution is -2.40. The zero-order valence-electron chi connectivity index (χ0n) is 12.3. The molecule has 0 radical (unpaired) electrons. The Morgan fingerprint density at radius 1 is 1.48 bits per heavy atom. The van der Waals surface area contributed by atoms with Gasteiger partial charge in [-0.1, -0.05) is 12.5 Å². The van der Waals surface area contributed by atoms with Crippen molar-refractivity contribution < 1.29 is 19.0 Å². The van der Waals surface area contributed by atoms with Gasteiger partial charge in [0.15, 0.2) is 0 Å². The summed E-state index contributed by atoms with van der Waals surface area (Å²) in [6, 6.07) is 5.16. The van der Waals surface area contributed by atoms with Gasteiger partial charge >= 0.3 is 5.97 Å². The average Bonchev–Trinajstić information content (AvgIpc) is 2.42. The van der Waals surface area contributed by atoms with Gasteiger partial charge in [-0.25, -0.2) is 9.18 Å². The van der Waals surface area contributed by atoms with Crippen molar-refractivity contribution in [2.75, 3.05) is 20.3 Å². The number of benzene rings is 1. The molecule has 21 heavy (non-hydrogen) atoms. The van der Waals surface area contributed by atoms with E-state index in [2.05, 4.69) is 9.64 Å². The minimum Gasteiger partial charge on any atom is -0.465 e. The van der Waals surface area contributed by atoms with Gasteiger partial charge in [0.1, 0.15) is 5.82 Å². The number of aliphatic hydroxyl groups is 1. The van der Waals surface area contributed by atoms with Crippen LogP contribution in [0.15, 0.2) is 18.2 Å². The molecule has 0 spiro atoms. The number of methoxy groups -OCH3 is 1. The third-order valence-electron chi connectivity index (χ3n) is 4.02. The fourth-order valence-corrected chi connectivity index (χ4v) is 2.58. The first-order valence-corrected chi connectivity index (χ1v) is 7.37. The van der Waals surface area contributed by atoms with Crippen LogP contribution >= 0.6 is 0 Å². The lowest BCUT2D eigenvalue weighted by Gasteiger charge is -2.37. The molecule has 0 bridgehead atoms. The van der Waals surface area contributed by atoms with Crippen molar-refractivity contribution in [2.24, 2.45) is 0 Å². The van der Waals surface area contributed by atoms with E-state index in [0.717, 1.165) is 31.4 Å². The highest BCUT2D eigenvalue weighted by atomic mass is 19.1. The lowest BCUT2D eigenvalue weighted by atomic mass is 9.91. The summed E-state index contributed by atoms with van der Waals surface area (Å²) in [5.41, 5.74) is 0.803. The summed E-state index contributed by atoms with van der Waals surface area (Å²) < 4.78 is 18.5. The molecule has 0 heterocycles. The molecule has 0 atom stereocenters. The molecule has 1 aliphatic carbocycles. The molecule has 1 aliphatic rings. The van der Waals surface area contributed by atoms with E-state index in [0.29, 0.717) is 12.6 Å². The van der Waals surface area contributed by atoms with Crippen LogP contribution in [0.5, 0.6) is 0 Å². The standard InChI is InChI=1S/C16H22FNO3/c1-21-16(20)14-7-6-12(10-15(14)17)11-18(8-3-9-19)13-4-2-5-13/h6-7,10,13,19H,2-5,8-9,11H2,1H3. The molecule has 116 valence electrons. The number of halogens is 1. The molecule has 1 aromatic carbocycles. The highest BCUT2D eigenvalue weighted by Crippen LogP contribution is 2.26. The first kappa shape index (κ1) is 15.9. The van der Waals surface area contributed by atoms with Crippen molar-refractivity contribution in [1.82, 2.24) is 4.90 Å². The summed E-state index contributed by atoms with van der Waals surface area (Å²) in [7, 11) is 1.24. The fourth-order valence-electron chi connectivity index (χ4n) is 2.58. The van der Waals surface area contributed by atoms with Crippen molar-refractivity contribution in [2.45, 2.75) is 38.3 Å². The van der Waals surface area contributed by atoms with Crippen LogP contribution < -0.4 is 0 Å². The third-order valence-corrected chi connectivity index (χ3v) is 4.02. The van der Waals surface area contributed by atoms with E-state index in [1.54, 1.807) is 6.07 Å². The second-order valence-corrected chi connectivity index (χ2v) is 5.44. The largest absolute Gasteiger partial charge is 0.465 e. The summed E-state index contributed by atoms with van der Waals surface area (Å²) in [6.07, 6.45) is 4.28. The second-order valence-electron chi connectivity index (χ2n) is 5.44. The maximum Gasteiger partial charge on any atom is 0.340 e. The van der Waals surface area contributed by atoms with Gasteiger partial charge in [-0.05, 0) is 37.0 Å². The summed E-state index contributed by atoms with van der Waals surface area (Å²) in [6.45, 7) is 1.61. The van der Waals surface area contributed by atoms with E-state index >= 15 is 0 Å². The maximum absolute atomic E-state index is 13.9. The van der Waals surface area contributed by atoms with Crippen LogP contribution in [0.3, 0.4) is 0 Å². The fraction of sp³-hybridized carbons (Fsp3) is 0.562. The zero-order chi connectivity index (χ0) is 15.2. The molecule has 0 saturated heterocycles. The minimum absolute atomic E-state index is 0.0354. The van der Waals surface area contributed by atoms with Gasteiger partial charge in [0.25, 0.3) is 0 Å². The smallest absolute Gasteiger partial charge is 0.340 e. The summed E-state index contributed by atoms with van der Waals surface area (Å²) in [4.78, 5) is 13.7. The molecule has 0 amide bonds. The number of carbonyl (C=O) groups is 1. The number of carbonyl (C=O) groups excluding carboxylic acids is 1. The van der Waals surface area contributed by atoms with Crippen molar-refractivity contribution in [3.8, 4) is 0 Å². The van der Waals surface area contributed by atoms with Gasteiger partial charge < -0.3 is 9.84 Å². The Kier molecular flexibility index (Phi) is 5.70. The lowest BCUT2D eigenvalue weighted by molar-refractivity contribution is 0.0595. The van der Waals surface area contributed by atoms with Crippen LogP contribution in [0.25, 0.3) is 0 Å². The number of aliphatic hydroxyl groups excluding tert-OH is 1. The molecule has 4 nitrogen and oxygen atoms in total. The van der Waals surface area contributed by atoms with Crippen LogP contribution in [-0.2, 0) is 11.3 Å². The van der Waals surface area contributed by atoms with E-state index in [4.69, 9.17) is 5.11 Å². The van der Waals surface area contributed by atoms with Gasteiger partial charge in [-0.2, -0.15) is 0 Å². The maximum atomic E-state index is 13.9. The third kappa shape index (κ3) is 4.02. The molecule has 0 unspecified atom stereocenters. The molecule has 1 saturated carbocycles. The Hall–Kier alpha value is -1.46. The van der Waals surface area contributed by atoms with Gasteiger partial charge in [0.2, 0.25) is 0 Å². The normalized spacial score (nSPS) is 15.0. The first-order valence-electron chi connectivity index (χ1n) is 7.37. The monoisotopic (exact) mass is 295 g/mol. The van der Waals surface area contributed by atoms with Crippen LogP contribution in [0.1, 0.15) is 41.6 Å². The molecular formula is C16H22FNO3. The van der Waals surface area contributed by atoms with Gasteiger partial charge in [0, 0.05) is 25.7 Å². The Morgan fingerprint density at radius 2 is 2.24 bits per heavy atom. The Balaban J connectivity index is 2.05. The van der Waals surface area contributed by atoms with Gasteiger partial charge in [-0.15, -0.1) is 0 Å². The van der Waals surface area contributed by atoms with Crippen molar-refractivity contribution in [3.63, 3.8) is 0 Å². The summed E-state index contributed by atoms with van der Waals surface area (Å²) in [5, 5.41) is 8.98. The number of nitrogens with zero attached hydrogens (tertiary/aromatic N) is 1. The molecule has 2 rings (SSSR count). The van der Waals surface area contributed by atoms with Crippen molar-refractivity contribution in [3.05, 3.63) is 35.1 Å². The Morgan fingerprint density at radius 3 is 2.76 bits per heavy atom. The molecular weight excluding hydrogens is 273 g/mol. The van der Waals surface area contributed by atoms with Crippen molar-refractivity contribution in [1.29, 1.82) is 0 Å². The topological polar surface area (TPSA) is 49.8 Å². The number of hydrogen-bond acceptors (Lipinski definition) is 4. The molecule has 0 aromatic heterocycles. The van der Waals surface area contributed by atoms with E-state index in [1.165, 1.54) is 25.7 Å². The summed E-state index contributed by atoms with van der Waals surface area (Å²) >= 11 is 0. The molecule has 1 aromatic rings. The van der Waals surface area contributed by atoms with E-state index in [9.17, 15) is 9.18 Å². The van der Waals surface area contributed by atoms with E-state index in [1.807, 2.05) is 0 Å². The van der Waals surface area contributed by atoms with Crippen LogP contribution in [0.4, 0.5) is 4.39 Å². The van der Waals surface area contributed by atoms with Gasteiger partial charge in [-0.3, -0.25) is 4.90 Å². The number of rotatable bonds is 7. The van der Waals surface area contributed by atoms with Crippen LogP contribution in [0.2, 0.25) is 0 Å². The number of hydrogen-bond donors (Lipinski definition) is 1. The van der Waals surface area contributed by atoms with Crippen LogP contribution in [-0.4, -0.2) is 42.3 Å². The Bertz CT molecular complexity index is 488. The highest BCUT2D eigenvalue weighted by molar-refractivity contribution is 5.89. The second kappa shape index (κ2) is 7.52. The van der Waals surface area contributed by atoms with E-state index < -0.39 is 11.8 Å². The van der Waals surface area contributed by atoms with Crippen LogP contribution in [0, 0.1) is 5.82 Å². The first-order chi connectivity index (χ1) is 10.2. The Labute approximate surface area is 124 Å². The van der Waals surface area contributed by atoms with E-state index in [-0.39, 0.29) is 12.2 Å². The molecule has 1 fully saturated rings. The number of esters is 1. The highest BCUT2D eigenvalue weighted by Gasteiger charge is 2.24. The molecule has 5 heteroatoms. The zero-order valence-corrected chi connectivity index (χ0v) is 12.3.